The van der Waals surface area contributed by atoms with Crippen molar-refractivity contribution >= 4 is 33.4 Å². The summed E-state index contributed by atoms with van der Waals surface area (Å²) in [7, 11) is -3.61. The van der Waals surface area contributed by atoms with Crippen LogP contribution >= 0.6 is 0 Å². The molecule has 1 aromatic carbocycles. The van der Waals surface area contributed by atoms with Crippen molar-refractivity contribution in [3.05, 3.63) is 40.2 Å². The summed E-state index contributed by atoms with van der Waals surface area (Å²) in [5.41, 5.74) is -0.750. The van der Waals surface area contributed by atoms with Crippen LogP contribution in [0.15, 0.2) is 29.2 Å². The zero-order valence-corrected chi connectivity index (χ0v) is 20.5. The molecule has 0 atom stereocenters. The topological polar surface area (TPSA) is 154 Å². The van der Waals surface area contributed by atoms with Crippen LogP contribution in [0.25, 0.3) is 0 Å². The van der Waals surface area contributed by atoms with Gasteiger partial charge in [-0.15, -0.1) is 0 Å². The summed E-state index contributed by atoms with van der Waals surface area (Å²) in [6, 6.07) is 4.50. The molecule has 2 aromatic rings. The molecule has 0 spiro atoms. The van der Waals surface area contributed by atoms with Crippen molar-refractivity contribution in [3.8, 4) is 5.88 Å². The number of amides is 1. The molecule has 0 aliphatic carbocycles. The molecule has 1 aromatic heterocycles. The van der Waals surface area contributed by atoms with Gasteiger partial charge in [-0.2, -0.15) is 0 Å². The van der Waals surface area contributed by atoms with E-state index in [2.05, 4.69) is 15.3 Å². The van der Waals surface area contributed by atoms with Gasteiger partial charge in [-0.1, -0.05) is 0 Å². The van der Waals surface area contributed by atoms with E-state index in [0.29, 0.717) is 25.9 Å². The Hall–Kier alpha value is -3.55. The number of nitro groups is 1. The van der Waals surface area contributed by atoms with Gasteiger partial charge in [0.05, 0.1) is 16.6 Å². The number of halogens is 1. The molecule has 0 unspecified atom stereocenters. The zero-order valence-electron chi connectivity index (χ0n) is 19.6. The fourth-order valence-corrected chi connectivity index (χ4v) is 3.87. The van der Waals surface area contributed by atoms with Crippen molar-refractivity contribution in [3.63, 3.8) is 0 Å². The highest BCUT2D eigenvalue weighted by Crippen LogP contribution is 2.27. The highest BCUT2D eigenvalue weighted by Gasteiger charge is 2.29. The van der Waals surface area contributed by atoms with Gasteiger partial charge in [-0.05, 0) is 53.9 Å². The smallest absolute Gasteiger partial charge is 0.462 e. The number of piperidine rings is 1. The Morgan fingerprint density at radius 3 is 2.43 bits per heavy atom. The molecule has 2 heterocycles. The van der Waals surface area contributed by atoms with Crippen LogP contribution in [-0.4, -0.2) is 65.4 Å². The number of hydrogen-bond acceptors (Lipinski definition) is 10. The number of aromatic nitrogens is 2. The lowest BCUT2D eigenvalue weighted by atomic mass is 10.1. The molecule has 12 nitrogen and oxygen atoms in total. The van der Waals surface area contributed by atoms with E-state index in [-0.39, 0.29) is 28.4 Å². The summed E-state index contributed by atoms with van der Waals surface area (Å²) in [4.78, 5) is 31.6. The second-order valence-electron chi connectivity index (χ2n) is 8.97. The third kappa shape index (κ3) is 7.21. The summed E-state index contributed by atoms with van der Waals surface area (Å²) < 4.78 is 48.8. The monoisotopic (exact) mass is 511 g/mol. The van der Waals surface area contributed by atoms with E-state index in [0.717, 1.165) is 12.3 Å². The summed E-state index contributed by atoms with van der Waals surface area (Å²) in [5, 5.41) is 13.9. The molecule has 14 heteroatoms. The van der Waals surface area contributed by atoms with E-state index in [9.17, 15) is 27.7 Å². The van der Waals surface area contributed by atoms with Gasteiger partial charge in [0, 0.05) is 32.2 Å². The van der Waals surface area contributed by atoms with Crippen molar-refractivity contribution < 1.29 is 32.0 Å². The van der Waals surface area contributed by atoms with Gasteiger partial charge < -0.3 is 29.8 Å². The maximum absolute atomic E-state index is 14.4. The Morgan fingerprint density at radius 1 is 1.23 bits per heavy atom. The number of nitrogens with zero attached hydrogens (tertiary/aromatic N) is 4. The van der Waals surface area contributed by atoms with Crippen LogP contribution in [0.3, 0.4) is 0 Å². The first-order valence-electron chi connectivity index (χ1n) is 10.7. The van der Waals surface area contributed by atoms with Crippen LogP contribution in [0.5, 0.6) is 5.88 Å². The summed E-state index contributed by atoms with van der Waals surface area (Å²) in [5.74, 6) is -1.85. The van der Waals surface area contributed by atoms with Crippen LogP contribution in [0.1, 0.15) is 33.6 Å². The van der Waals surface area contributed by atoms with Gasteiger partial charge in [0.15, 0.2) is 9.84 Å². The third-order valence-electron chi connectivity index (χ3n) is 4.87. The highest BCUT2D eigenvalue weighted by molar-refractivity contribution is 7.90. The highest BCUT2D eigenvalue weighted by atomic mass is 32.2. The third-order valence-corrected chi connectivity index (χ3v) is 5.98. The lowest BCUT2D eigenvalue weighted by Crippen LogP contribution is -2.44. The Morgan fingerprint density at radius 2 is 1.89 bits per heavy atom. The van der Waals surface area contributed by atoms with Gasteiger partial charge in [0.2, 0.25) is 5.82 Å². The Kier molecular flexibility index (Phi) is 7.43. The molecular formula is C21H26FN5O7S. The van der Waals surface area contributed by atoms with E-state index in [1.165, 1.54) is 18.2 Å². The number of likely N-dealkylation sites (tertiary alicyclic amines) is 1. The van der Waals surface area contributed by atoms with E-state index >= 15 is 0 Å². The molecule has 35 heavy (non-hydrogen) atoms. The summed E-state index contributed by atoms with van der Waals surface area (Å²) >= 11 is 0. The molecule has 0 radical (unpaired) electrons. The minimum Gasteiger partial charge on any atom is -0.462 e. The van der Waals surface area contributed by atoms with Crippen LogP contribution in [0.2, 0.25) is 0 Å². The van der Waals surface area contributed by atoms with Gasteiger partial charge >= 0.3 is 12.0 Å². The van der Waals surface area contributed by atoms with Gasteiger partial charge in [-0.3, -0.25) is 0 Å². The number of anilines is 2. The lowest BCUT2D eigenvalue weighted by Gasteiger charge is -2.33. The van der Waals surface area contributed by atoms with Gasteiger partial charge in [0.1, 0.15) is 17.5 Å². The van der Waals surface area contributed by atoms with Crippen molar-refractivity contribution in [2.75, 3.05) is 24.7 Å². The number of nitrogens with one attached hydrogen (secondary N) is 1. The molecule has 1 saturated heterocycles. The van der Waals surface area contributed by atoms with E-state index in [1.807, 2.05) is 0 Å². The lowest BCUT2D eigenvalue weighted by molar-refractivity contribution is -0.394. The molecule has 1 aliphatic rings. The molecule has 1 fully saturated rings. The number of carbonyl (C=O) groups is 1. The van der Waals surface area contributed by atoms with Crippen molar-refractivity contribution in [2.24, 2.45) is 0 Å². The summed E-state index contributed by atoms with van der Waals surface area (Å²) in [6.45, 7) is 6.08. The molecule has 1 aliphatic heterocycles. The molecule has 1 N–H and O–H groups in total. The van der Waals surface area contributed by atoms with Gasteiger partial charge in [0.25, 0.3) is 5.88 Å². The average molecular weight is 512 g/mol. The van der Waals surface area contributed by atoms with Crippen molar-refractivity contribution in [1.82, 2.24) is 14.9 Å². The SMILES string of the molecule is CC(C)(C)OC(=O)N1CCC(Oc2cc(Nc3ccc(S(C)(=O)=O)cc3F)nc([N+](=O)[O-])n2)CC1. The Balaban J connectivity index is 1.72. The first-order chi connectivity index (χ1) is 16.2. The maximum Gasteiger partial charge on any atom is 0.474 e. The maximum atomic E-state index is 14.4. The van der Waals surface area contributed by atoms with Crippen LogP contribution in [0.4, 0.5) is 26.6 Å². The molecule has 1 amide bonds. The predicted molar refractivity (Wildman–Crippen MR) is 123 cm³/mol. The van der Waals surface area contributed by atoms with E-state index < -0.39 is 38.2 Å². The molecular weight excluding hydrogens is 485 g/mol. The van der Waals surface area contributed by atoms with E-state index in [1.54, 1.807) is 25.7 Å². The number of benzene rings is 1. The quantitative estimate of drug-likeness (QED) is 0.450. The van der Waals surface area contributed by atoms with Crippen LogP contribution in [-0.2, 0) is 14.6 Å². The fraction of sp³-hybridized carbons (Fsp3) is 0.476. The van der Waals surface area contributed by atoms with Crippen molar-refractivity contribution in [1.29, 1.82) is 0 Å². The molecule has 0 bridgehead atoms. The molecule has 3 rings (SSSR count). The minimum atomic E-state index is -3.61. The van der Waals surface area contributed by atoms with Crippen molar-refractivity contribution in [2.45, 2.75) is 50.2 Å². The second kappa shape index (κ2) is 9.98. The minimum absolute atomic E-state index is 0.0990. The molecule has 190 valence electrons. The number of ether oxygens (including phenoxy) is 2. The largest absolute Gasteiger partial charge is 0.474 e. The zero-order chi connectivity index (χ0) is 26.0. The number of carbonyl (C=O) groups excluding carboxylic acids is 1. The van der Waals surface area contributed by atoms with E-state index in [4.69, 9.17) is 9.47 Å². The summed E-state index contributed by atoms with van der Waals surface area (Å²) in [6.07, 6.45) is 1.04. The predicted octanol–water partition coefficient (Wildman–Crippen LogP) is 3.45. The molecule has 0 saturated carbocycles. The number of rotatable bonds is 6. The Labute approximate surface area is 201 Å². The normalized spacial score (nSPS) is 14.9. The Bertz CT molecular complexity index is 1230. The number of hydrogen-bond donors (Lipinski definition) is 1. The fourth-order valence-electron chi connectivity index (χ4n) is 3.24. The van der Waals surface area contributed by atoms with Crippen LogP contribution < -0.4 is 10.1 Å². The van der Waals surface area contributed by atoms with Gasteiger partial charge in [-0.25, -0.2) is 17.6 Å². The van der Waals surface area contributed by atoms with Crippen LogP contribution in [0, 0.1) is 15.9 Å². The average Bonchev–Trinajstić information content (AvgIpc) is 2.73. The number of sulfone groups is 1. The second-order valence-corrected chi connectivity index (χ2v) is 11.0. The first kappa shape index (κ1) is 26.1. The standard InChI is InChI=1S/C21H26FN5O7S/c1-21(2,3)34-20(28)26-9-7-13(8-10-26)33-18-12-17(24-19(25-18)27(29)30)23-16-6-5-14(11-15(16)22)35(4,31)32/h5-6,11-13H,7-10H2,1-4H3,(H,23,24,25). The first-order valence-corrected chi connectivity index (χ1v) is 12.5.